The van der Waals surface area contributed by atoms with E-state index >= 15 is 0 Å². The largest absolute Gasteiger partial charge is 0.341 e. The van der Waals surface area contributed by atoms with Crippen LogP contribution in [0.5, 0.6) is 0 Å². The molecule has 6 heteroatoms. The maximum atomic E-state index is 13.2. The summed E-state index contributed by atoms with van der Waals surface area (Å²) in [6.45, 7) is 3.59. The second kappa shape index (κ2) is 4.45. The molecule has 2 aliphatic carbocycles. The van der Waals surface area contributed by atoms with Crippen LogP contribution in [0.1, 0.15) is 32.1 Å². The predicted molar refractivity (Wildman–Crippen MR) is 69.7 cm³/mol. The second-order valence-electron chi connectivity index (χ2n) is 6.41. The summed E-state index contributed by atoms with van der Waals surface area (Å²) in [7, 11) is 0. The van der Waals surface area contributed by atoms with Gasteiger partial charge in [-0.2, -0.15) is 0 Å². The van der Waals surface area contributed by atoms with Crippen molar-refractivity contribution in [2.45, 2.75) is 38.0 Å². The van der Waals surface area contributed by atoms with Crippen molar-refractivity contribution >= 4 is 17.5 Å². The van der Waals surface area contributed by atoms with Crippen LogP contribution in [0.15, 0.2) is 12.2 Å². The number of carbonyl (C=O) groups is 3. The lowest BCUT2D eigenvalue weighted by Gasteiger charge is -2.38. The first-order chi connectivity index (χ1) is 9.75. The first-order valence-electron chi connectivity index (χ1n) is 7.18. The van der Waals surface area contributed by atoms with Crippen LogP contribution in [0.3, 0.4) is 0 Å². The van der Waals surface area contributed by atoms with E-state index in [0.717, 1.165) is 0 Å². The van der Waals surface area contributed by atoms with Gasteiger partial charge in [0.05, 0.1) is 0 Å². The molecule has 2 saturated carbocycles. The molecule has 1 amide bonds. The van der Waals surface area contributed by atoms with Gasteiger partial charge in [-0.15, -0.1) is 0 Å². The molecule has 1 unspecified atom stereocenters. The number of alkyl halides is 2. The molecule has 1 saturated heterocycles. The number of rotatable bonds is 1. The number of amides is 1. The zero-order chi connectivity index (χ0) is 15.4. The lowest BCUT2D eigenvalue weighted by Crippen LogP contribution is -2.52. The number of nitrogens with zero attached hydrogens (tertiary/aromatic N) is 1. The fourth-order valence-electron chi connectivity index (χ4n) is 3.76. The maximum absolute atomic E-state index is 13.2. The lowest BCUT2D eigenvalue weighted by atomic mass is 9.73. The summed E-state index contributed by atoms with van der Waals surface area (Å²) in [4.78, 5) is 38.3. The van der Waals surface area contributed by atoms with Gasteiger partial charge in [0.2, 0.25) is 5.91 Å². The van der Waals surface area contributed by atoms with E-state index in [1.807, 2.05) is 0 Å². The van der Waals surface area contributed by atoms with Crippen LogP contribution in [-0.2, 0) is 14.4 Å². The van der Waals surface area contributed by atoms with Crippen molar-refractivity contribution in [3.8, 4) is 0 Å². The maximum Gasteiger partial charge on any atom is 0.251 e. The Kier molecular flexibility index (Phi) is 3.04. The minimum Gasteiger partial charge on any atom is -0.341 e. The molecule has 0 aromatic carbocycles. The zero-order valence-electron chi connectivity index (χ0n) is 11.7. The Bertz CT molecular complexity index is 547. The standard InChI is InChI=1S/C15H17F2NO3/c1-9-10-6-11(19)8-14(7-10,12(9)20)13(21)18-4-2-15(16,17)3-5-18/h10H,1-8H2/t10-,14?/m1/s1. The molecule has 0 aromatic heterocycles. The SMILES string of the molecule is C=C1C(=O)C2(C(=O)N3CCC(F)(F)CC3)CC(=O)C[C@@H]1C2. The number of Topliss-reactive ketones (excluding diaryl/α,β-unsaturated/α-hetero) is 2. The van der Waals surface area contributed by atoms with Crippen molar-refractivity contribution in [1.82, 2.24) is 4.90 Å². The molecule has 4 nitrogen and oxygen atoms in total. The number of ketones is 2. The van der Waals surface area contributed by atoms with Gasteiger partial charge in [0.15, 0.2) is 5.78 Å². The highest BCUT2D eigenvalue weighted by Gasteiger charge is 2.59. The molecule has 3 aliphatic rings. The van der Waals surface area contributed by atoms with Gasteiger partial charge < -0.3 is 4.90 Å². The van der Waals surface area contributed by atoms with Gasteiger partial charge in [-0.1, -0.05) is 6.58 Å². The summed E-state index contributed by atoms with van der Waals surface area (Å²) >= 11 is 0. The molecular formula is C15H17F2NO3. The smallest absolute Gasteiger partial charge is 0.251 e. The summed E-state index contributed by atoms with van der Waals surface area (Å²) in [5.74, 6) is -3.94. The summed E-state index contributed by atoms with van der Waals surface area (Å²) in [6, 6.07) is 0. The fraction of sp³-hybridized carbons (Fsp3) is 0.667. The van der Waals surface area contributed by atoms with Gasteiger partial charge >= 0.3 is 0 Å². The van der Waals surface area contributed by atoms with Crippen molar-refractivity contribution < 1.29 is 23.2 Å². The third kappa shape index (κ3) is 2.12. The average Bonchev–Trinajstić information content (AvgIpc) is 2.60. The summed E-state index contributed by atoms with van der Waals surface area (Å²) < 4.78 is 26.4. The summed E-state index contributed by atoms with van der Waals surface area (Å²) in [5, 5.41) is 0. The Morgan fingerprint density at radius 2 is 1.86 bits per heavy atom. The van der Waals surface area contributed by atoms with Gasteiger partial charge in [-0.3, -0.25) is 14.4 Å². The Balaban J connectivity index is 1.85. The van der Waals surface area contributed by atoms with Crippen LogP contribution in [0.25, 0.3) is 0 Å². The monoisotopic (exact) mass is 297 g/mol. The summed E-state index contributed by atoms with van der Waals surface area (Å²) in [6.07, 6.45) is -0.310. The first-order valence-corrected chi connectivity index (χ1v) is 7.18. The van der Waals surface area contributed by atoms with E-state index in [1.165, 1.54) is 4.90 Å². The molecule has 0 aromatic rings. The highest BCUT2D eigenvalue weighted by molar-refractivity contribution is 6.19. The Hall–Kier alpha value is -1.59. The zero-order valence-corrected chi connectivity index (χ0v) is 11.7. The normalized spacial score (nSPS) is 35.2. The molecule has 0 spiro atoms. The van der Waals surface area contributed by atoms with Crippen molar-refractivity contribution in [3.63, 3.8) is 0 Å². The highest BCUT2D eigenvalue weighted by atomic mass is 19.3. The van der Waals surface area contributed by atoms with Crippen LogP contribution in [-0.4, -0.2) is 41.4 Å². The Morgan fingerprint density at radius 1 is 1.24 bits per heavy atom. The average molecular weight is 297 g/mol. The van der Waals surface area contributed by atoms with Gasteiger partial charge in [-0.05, 0) is 17.9 Å². The molecule has 3 fully saturated rings. The molecule has 2 bridgehead atoms. The van der Waals surface area contributed by atoms with Crippen LogP contribution >= 0.6 is 0 Å². The molecule has 0 N–H and O–H groups in total. The van der Waals surface area contributed by atoms with Crippen molar-refractivity contribution in [2.24, 2.45) is 11.3 Å². The van der Waals surface area contributed by atoms with Crippen LogP contribution in [0.2, 0.25) is 0 Å². The molecule has 114 valence electrons. The van der Waals surface area contributed by atoms with Gasteiger partial charge in [0.1, 0.15) is 11.2 Å². The predicted octanol–water partition coefficient (Wildman–Crippen LogP) is 1.74. The van der Waals surface area contributed by atoms with E-state index in [0.29, 0.717) is 12.0 Å². The fourth-order valence-corrected chi connectivity index (χ4v) is 3.76. The minimum absolute atomic E-state index is 0.0633. The number of piperidine rings is 1. The molecular weight excluding hydrogens is 280 g/mol. The number of hydrogen-bond donors (Lipinski definition) is 0. The van der Waals surface area contributed by atoms with Crippen molar-refractivity contribution in [1.29, 1.82) is 0 Å². The third-order valence-electron chi connectivity index (χ3n) is 4.98. The van der Waals surface area contributed by atoms with E-state index in [-0.39, 0.29) is 56.3 Å². The highest BCUT2D eigenvalue weighted by Crippen LogP contribution is 2.51. The number of hydrogen-bond acceptors (Lipinski definition) is 3. The molecule has 3 rings (SSSR count). The first kappa shape index (κ1) is 14.4. The molecule has 1 aliphatic heterocycles. The third-order valence-corrected chi connectivity index (χ3v) is 4.98. The lowest BCUT2D eigenvalue weighted by molar-refractivity contribution is -0.155. The topological polar surface area (TPSA) is 54.5 Å². The van der Waals surface area contributed by atoms with E-state index < -0.39 is 17.2 Å². The van der Waals surface area contributed by atoms with Gasteiger partial charge in [0.25, 0.3) is 5.92 Å². The van der Waals surface area contributed by atoms with Crippen LogP contribution < -0.4 is 0 Å². The molecule has 0 radical (unpaired) electrons. The van der Waals surface area contributed by atoms with Gasteiger partial charge in [-0.25, -0.2) is 8.78 Å². The number of halogens is 2. The number of allylic oxidation sites excluding steroid dienone is 1. The van der Waals surface area contributed by atoms with E-state index in [9.17, 15) is 23.2 Å². The number of fused-ring (bicyclic) bond motifs is 2. The Labute approximate surface area is 121 Å². The second-order valence-corrected chi connectivity index (χ2v) is 6.41. The molecule has 21 heavy (non-hydrogen) atoms. The van der Waals surface area contributed by atoms with E-state index in [4.69, 9.17) is 0 Å². The molecule has 2 atom stereocenters. The van der Waals surface area contributed by atoms with Crippen LogP contribution in [0.4, 0.5) is 8.78 Å². The van der Waals surface area contributed by atoms with Crippen molar-refractivity contribution in [2.75, 3.05) is 13.1 Å². The van der Waals surface area contributed by atoms with Crippen LogP contribution in [0, 0.1) is 11.3 Å². The Morgan fingerprint density at radius 3 is 2.48 bits per heavy atom. The van der Waals surface area contributed by atoms with E-state index in [2.05, 4.69) is 6.58 Å². The minimum atomic E-state index is -2.75. The molecule has 1 heterocycles. The quantitative estimate of drug-likeness (QED) is 0.547. The number of carbonyl (C=O) groups excluding carboxylic acids is 3. The summed E-state index contributed by atoms with van der Waals surface area (Å²) in [5.41, 5.74) is -1.01. The van der Waals surface area contributed by atoms with Crippen molar-refractivity contribution in [3.05, 3.63) is 12.2 Å². The van der Waals surface area contributed by atoms with E-state index in [1.54, 1.807) is 0 Å². The number of likely N-dealkylation sites (tertiary alicyclic amines) is 1. The van der Waals surface area contributed by atoms with Gasteiger partial charge in [0, 0.05) is 38.8 Å².